The van der Waals surface area contributed by atoms with Crippen LogP contribution in [0.1, 0.15) is 25.7 Å². The lowest BCUT2D eigenvalue weighted by Crippen LogP contribution is -2.32. The zero-order chi connectivity index (χ0) is 11.6. The monoisotopic (exact) mass is 229 g/mol. The second-order valence-corrected chi connectivity index (χ2v) is 4.28. The van der Waals surface area contributed by atoms with E-state index in [0.29, 0.717) is 18.5 Å². The van der Waals surface area contributed by atoms with Gasteiger partial charge in [-0.15, -0.1) is 0 Å². The summed E-state index contributed by atoms with van der Waals surface area (Å²) in [7, 11) is 0. The highest BCUT2D eigenvalue weighted by Gasteiger charge is 2.34. The lowest BCUT2D eigenvalue weighted by atomic mass is 9.92. The van der Waals surface area contributed by atoms with E-state index in [1.165, 1.54) is 12.1 Å². The molecule has 1 saturated carbocycles. The van der Waals surface area contributed by atoms with E-state index in [1.807, 2.05) is 0 Å². The maximum Gasteiger partial charge on any atom is 0.248 e. The molecule has 0 heterocycles. The van der Waals surface area contributed by atoms with E-state index in [1.54, 1.807) is 12.1 Å². The van der Waals surface area contributed by atoms with Gasteiger partial charge in [0.05, 0.1) is 0 Å². The molecule has 1 aromatic carbocycles. The molecule has 0 radical (unpaired) electrons. The number of hydrogen-bond acceptors (Lipinski definition) is 1. The van der Waals surface area contributed by atoms with Gasteiger partial charge in [0.25, 0.3) is 0 Å². The van der Waals surface area contributed by atoms with Crippen molar-refractivity contribution in [1.82, 2.24) is 0 Å². The van der Waals surface area contributed by atoms with Gasteiger partial charge in [-0.3, -0.25) is 0 Å². The van der Waals surface area contributed by atoms with Gasteiger partial charge in [-0.25, -0.2) is 13.2 Å². The molecule has 88 valence electrons. The Bertz CT molecular complexity index is 355. The molecule has 0 unspecified atom stereocenters. The molecule has 1 nitrogen and oxygen atoms in total. The highest BCUT2D eigenvalue weighted by atomic mass is 19.3. The average molecular weight is 229 g/mol. The van der Waals surface area contributed by atoms with Crippen molar-refractivity contribution in [3.8, 4) is 0 Å². The molecule has 0 aliphatic heterocycles. The maximum absolute atomic E-state index is 12.9. The Morgan fingerprint density at radius 2 is 1.88 bits per heavy atom. The summed E-state index contributed by atoms with van der Waals surface area (Å²) in [5.74, 6) is -2.83. The molecule has 2 rings (SSSR count). The Kier molecular flexibility index (Phi) is 3.08. The van der Waals surface area contributed by atoms with Crippen LogP contribution >= 0.6 is 0 Å². The largest absolute Gasteiger partial charge is 0.382 e. The summed E-state index contributed by atoms with van der Waals surface area (Å²) in [5.41, 5.74) is 0.662. The zero-order valence-electron chi connectivity index (χ0n) is 8.85. The van der Waals surface area contributed by atoms with Gasteiger partial charge in [-0.05, 0) is 31.0 Å². The quantitative estimate of drug-likeness (QED) is 0.813. The van der Waals surface area contributed by atoms with Gasteiger partial charge in [0.2, 0.25) is 5.92 Å². The fraction of sp³-hybridized carbons (Fsp3) is 0.500. The van der Waals surface area contributed by atoms with Crippen molar-refractivity contribution in [3.05, 3.63) is 30.1 Å². The first-order chi connectivity index (χ1) is 7.55. The minimum Gasteiger partial charge on any atom is -0.382 e. The molecule has 0 aromatic heterocycles. The second kappa shape index (κ2) is 4.36. The van der Waals surface area contributed by atoms with Crippen LogP contribution in [0.15, 0.2) is 24.3 Å². The number of hydrogen-bond donors (Lipinski definition) is 1. The summed E-state index contributed by atoms with van der Waals surface area (Å²) < 4.78 is 38.7. The summed E-state index contributed by atoms with van der Waals surface area (Å²) >= 11 is 0. The van der Waals surface area contributed by atoms with E-state index >= 15 is 0 Å². The first kappa shape index (κ1) is 11.3. The molecule has 1 aliphatic carbocycles. The lowest BCUT2D eigenvalue weighted by Gasteiger charge is -2.29. The van der Waals surface area contributed by atoms with Gasteiger partial charge in [0, 0.05) is 24.6 Å². The summed E-state index contributed by atoms with van der Waals surface area (Å²) in [5, 5.41) is 3.09. The fourth-order valence-electron chi connectivity index (χ4n) is 2.00. The van der Waals surface area contributed by atoms with E-state index in [4.69, 9.17) is 0 Å². The number of halogens is 3. The van der Waals surface area contributed by atoms with Crippen molar-refractivity contribution in [1.29, 1.82) is 0 Å². The third-order valence-electron chi connectivity index (χ3n) is 2.91. The van der Waals surface area contributed by atoms with Gasteiger partial charge in [-0.1, -0.05) is 6.07 Å². The third-order valence-corrected chi connectivity index (χ3v) is 2.91. The molecule has 1 fully saturated rings. The second-order valence-electron chi connectivity index (χ2n) is 4.28. The summed E-state index contributed by atoms with van der Waals surface area (Å²) in [6.45, 7) is 0. The molecule has 1 N–H and O–H groups in total. The highest BCUT2D eigenvalue weighted by molar-refractivity contribution is 5.44. The minimum absolute atomic E-state index is 0.0291. The molecule has 0 amide bonds. The topological polar surface area (TPSA) is 12.0 Å². The number of anilines is 1. The Balaban J connectivity index is 1.92. The number of alkyl halides is 2. The first-order valence-corrected chi connectivity index (χ1v) is 5.45. The average Bonchev–Trinajstić information content (AvgIpc) is 2.21. The van der Waals surface area contributed by atoms with E-state index in [-0.39, 0.29) is 24.7 Å². The molecule has 4 heteroatoms. The third kappa shape index (κ3) is 2.90. The molecule has 0 spiro atoms. The summed E-state index contributed by atoms with van der Waals surface area (Å²) in [6, 6.07) is 6.12. The molecule has 16 heavy (non-hydrogen) atoms. The Labute approximate surface area is 92.7 Å². The Hall–Kier alpha value is -1.19. The molecule has 1 aliphatic rings. The van der Waals surface area contributed by atoms with Crippen molar-refractivity contribution in [2.45, 2.75) is 37.6 Å². The molecule has 0 bridgehead atoms. The van der Waals surface area contributed by atoms with Crippen molar-refractivity contribution in [2.24, 2.45) is 0 Å². The zero-order valence-corrected chi connectivity index (χ0v) is 8.85. The first-order valence-electron chi connectivity index (χ1n) is 5.45. The van der Waals surface area contributed by atoms with E-state index in [2.05, 4.69) is 5.32 Å². The van der Waals surface area contributed by atoms with Crippen molar-refractivity contribution in [3.63, 3.8) is 0 Å². The van der Waals surface area contributed by atoms with Crippen LogP contribution in [0.4, 0.5) is 18.9 Å². The SMILES string of the molecule is Fc1cccc(NC2CCC(F)(F)CC2)c1. The van der Waals surface area contributed by atoms with Crippen LogP contribution in [-0.4, -0.2) is 12.0 Å². The van der Waals surface area contributed by atoms with Gasteiger partial charge in [0.1, 0.15) is 5.82 Å². The Morgan fingerprint density at radius 3 is 2.50 bits per heavy atom. The summed E-state index contributed by atoms with van der Waals surface area (Å²) in [4.78, 5) is 0. The Morgan fingerprint density at radius 1 is 1.19 bits per heavy atom. The number of benzene rings is 1. The fourth-order valence-corrected chi connectivity index (χ4v) is 2.00. The van der Waals surface area contributed by atoms with Crippen molar-refractivity contribution < 1.29 is 13.2 Å². The van der Waals surface area contributed by atoms with Gasteiger partial charge in [-0.2, -0.15) is 0 Å². The van der Waals surface area contributed by atoms with E-state index in [9.17, 15) is 13.2 Å². The van der Waals surface area contributed by atoms with Gasteiger partial charge >= 0.3 is 0 Å². The number of nitrogens with one attached hydrogen (secondary N) is 1. The van der Waals surface area contributed by atoms with Crippen LogP contribution in [0.2, 0.25) is 0 Å². The van der Waals surface area contributed by atoms with E-state index in [0.717, 1.165) is 0 Å². The van der Waals surface area contributed by atoms with Gasteiger partial charge < -0.3 is 5.32 Å². The van der Waals surface area contributed by atoms with Gasteiger partial charge in [0.15, 0.2) is 0 Å². The lowest BCUT2D eigenvalue weighted by molar-refractivity contribution is -0.0360. The molecule has 1 aromatic rings. The molecular formula is C12H14F3N. The van der Waals surface area contributed by atoms with Crippen molar-refractivity contribution >= 4 is 5.69 Å². The van der Waals surface area contributed by atoms with Crippen LogP contribution < -0.4 is 5.32 Å². The summed E-state index contributed by atoms with van der Waals surface area (Å²) in [6.07, 6.45) is 0.701. The van der Waals surface area contributed by atoms with E-state index < -0.39 is 5.92 Å². The van der Waals surface area contributed by atoms with Crippen LogP contribution in [0.25, 0.3) is 0 Å². The van der Waals surface area contributed by atoms with Crippen LogP contribution in [-0.2, 0) is 0 Å². The highest BCUT2D eigenvalue weighted by Crippen LogP contribution is 2.34. The smallest absolute Gasteiger partial charge is 0.248 e. The standard InChI is InChI=1S/C12H14F3N/c13-9-2-1-3-11(8-9)16-10-4-6-12(14,15)7-5-10/h1-3,8,10,16H,4-7H2. The molecular weight excluding hydrogens is 215 g/mol. The predicted molar refractivity (Wildman–Crippen MR) is 57.2 cm³/mol. The molecule has 0 saturated heterocycles. The van der Waals surface area contributed by atoms with Crippen molar-refractivity contribution in [2.75, 3.05) is 5.32 Å². The normalized spacial score (nSPS) is 20.7. The maximum atomic E-state index is 12.9. The minimum atomic E-state index is -2.51. The van der Waals surface area contributed by atoms with Crippen LogP contribution in [0.5, 0.6) is 0 Å². The number of rotatable bonds is 2. The van der Waals surface area contributed by atoms with Crippen LogP contribution in [0, 0.1) is 5.82 Å². The van der Waals surface area contributed by atoms with Crippen LogP contribution in [0.3, 0.4) is 0 Å². The predicted octanol–water partition coefficient (Wildman–Crippen LogP) is 3.82. The molecule has 0 atom stereocenters.